The van der Waals surface area contributed by atoms with Gasteiger partial charge in [-0.15, -0.1) is 0 Å². The maximum absolute atomic E-state index is 14.2. The summed E-state index contributed by atoms with van der Waals surface area (Å²) in [6.45, 7) is 10.7. The fourth-order valence-electron chi connectivity index (χ4n) is 9.78. The van der Waals surface area contributed by atoms with Crippen LogP contribution in [0.15, 0.2) is 84.2 Å². The van der Waals surface area contributed by atoms with Gasteiger partial charge in [0.25, 0.3) is 0 Å². The van der Waals surface area contributed by atoms with E-state index in [0.717, 1.165) is 33.6 Å². The molecule has 1 aliphatic carbocycles. The van der Waals surface area contributed by atoms with E-state index in [1.54, 1.807) is 52.2 Å². The average Bonchev–Trinajstić information content (AvgIpc) is 3.87. The van der Waals surface area contributed by atoms with Crippen LogP contribution in [0.5, 0.6) is 23.0 Å². The molecule has 0 spiro atoms. The number of carboxylic acids is 2. The lowest BCUT2D eigenvalue weighted by Gasteiger charge is -2.35. The van der Waals surface area contributed by atoms with Gasteiger partial charge in [0.1, 0.15) is 23.6 Å². The number of phenols is 4. The number of aliphatic hydroxyl groups excluding tert-OH is 1. The first-order valence-corrected chi connectivity index (χ1v) is 21.8. The number of aromatic hydroxyl groups is 4. The molecule has 1 aliphatic rings. The van der Waals surface area contributed by atoms with Crippen molar-refractivity contribution in [2.75, 3.05) is 0 Å². The SMILES string of the molecule is Cc1cc2c(c(O)c1-c1c(C)cc3c(C(C)C)c(O)c(O)c(C=N[C@@H](Cc4c[nH]c5ccccc45)C(=O)O)c3c1O)/C(=C/N[C@@H](Cc1c[nH]c3ccccc13)C(=O)O)C(=O)C(O)C2C(C)C. The first-order valence-electron chi connectivity index (χ1n) is 21.8. The van der Waals surface area contributed by atoms with Crippen molar-refractivity contribution in [1.29, 1.82) is 0 Å². The number of phenolic OH excluding ortho intramolecular Hbond substituents is 4. The number of nitrogens with one attached hydrogen (secondary N) is 3. The summed E-state index contributed by atoms with van der Waals surface area (Å²) in [6.07, 6.45) is 4.27. The number of carboxylic acid groups (broad SMARTS) is 2. The second-order valence-corrected chi connectivity index (χ2v) is 17.9. The number of aliphatic hydroxyl groups is 1. The first kappa shape index (κ1) is 45.0. The number of fused-ring (bicyclic) bond motifs is 4. The minimum atomic E-state index is -1.53. The van der Waals surface area contributed by atoms with E-state index in [2.05, 4.69) is 20.3 Å². The largest absolute Gasteiger partial charge is 0.507 e. The normalized spacial score (nSPS) is 16.9. The Morgan fingerprint density at radius 3 is 1.89 bits per heavy atom. The number of Topliss-reactive ketones (excluding diaryl/α,β-unsaturated/α-hetero) is 1. The molecule has 0 aliphatic heterocycles. The third-order valence-corrected chi connectivity index (χ3v) is 13.0. The molecule has 340 valence electrons. The number of aliphatic carboxylic acids is 2. The lowest BCUT2D eigenvalue weighted by molar-refractivity contribution is -0.139. The molecular weight excluding hydrogens is 841 g/mol. The highest BCUT2D eigenvalue weighted by Gasteiger charge is 2.42. The van der Waals surface area contributed by atoms with E-state index in [-0.39, 0.29) is 57.9 Å². The van der Waals surface area contributed by atoms with E-state index in [1.807, 2.05) is 62.4 Å². The molecule has 0 saturated heterocycles. The summed E-state index contributed by atoms with van der Waals surface area (Å²) in [4.78, 5) is 50.3. The first-order chi connectivity index (χ1) is 31.4. The van der Waals surface area contributed by atoms with Crippen molar-refractivity contribution in [3.63, 3.8) is 0 Å². The zero-order chi connectivity index (χ0) is 47.5. The summed E-state index contributed by atoms with van der Waals surface area (Å²) in [5.74, 6) is -6.57. The molecule has 0 bridgehead atoms. The number of nitrogens with zero attached hydrogens (tertiary/aromatic N) is 1. The Morgan fingerprint density at radius 1 is 0.742 bits per heavy atom. The van der Waals surface area contributed by atoms with Gasteiger partial charge < -0.3 is 51.0 Å². The number of para-hydroxylation sites is 2. The van der Waals surface area contributed by atoms with E-state index in [0.29, 0.717) is 33.2 Å². The standard InChI is InChI=1S/C52H52N4O10/c1-23(2)39-31-15-25(5)41(47(59)43(31)33(45(57)49(39)61)21-55-37(51(63)64)17-27-19-53-35-13-9-7-11-29(27)35)42-26(6)16-32-40(24(3)4)50(62)46(58)34(44(32)48(42)60)22-56-38(52(65)66)18-28-20-54-36-14-10-8-12-30(28)36/h7-16,19-24,37-39,49,53-55,58-62H,17-18H2,1-6H3,(H,63,64)(H,65,66)/b33-21-,56-22?/t37-,38-,39?,49?/m0/s1. The predicted molar refractivity (Wildman–Crippen MR) is 254 cm³/mol. The lowest BCUT2D eigenvalue weighted by atomic mass is 9.70. The van der Waals surface area contributed by atoms with Crippen LogP contribution in [-0.2, 0) is 27.2 Å². The monoisotopic (exact) mass is 892 g/mol. The maximum atomic E-state index is 14.2. The van der Waals surface area contributed by atoms with E-state index < -0.39 is 64.8 Å². The van der Waals surface area contributed by atoms with Crippen LogP contribution < -0.4 is 5.32 Å². The van der Waals surface area contributed by atoms with Crippen molar-refractivity contribution in [2.24, 2.45) is 10.9 Å². The smallest absolute Gasteiger partial charge is 0.328 e. The van der Waals surface area contributed by atoms with Crippen LogP contribution >= 0.6 is 0 Å². The number of carbonyl (C=O) groups is 3. The van der Waals surface area contributed by atoms with Crippen molar-refractivity contribution in [3.8, 4) is 34.1 Å². The molecule has 2 aromatic heterocycles. The molecule has 0 fully saturated rings. The molecule has 5 aromatic carbocycles. The molecular formula is C52H52N4O10. The molecule has 14 heteroatoms. The van der Waals surface area contributed by atoms with Gasteiger partial charge in [-0.05, 0) is 71.0 Å². The van der Waals surface area contributed by atoms with Crippen molar-refractivity contribution < 1.29 is 50.1 Å². The van der Waals surface area contributed by atoms with Gasteiger partial charge >= 0.3 is 11.9 Å². The number of ketones is 1. The third kappa shape index (κ3) is 7.66. The maximum Gasteiger partial charge on any atom is 0.328 e. The van der Waals surface area contributed by atoms with Gasteiger partial charge in [-0.25, -0.2) is 9.59 Å². The lowest BCUT2D eigenvalue weighted by Crippen LogP contribution is -2.39. The minimum Gasteiger partial charge on any atom is -0.507 e. The summed E-state index contributed by atoms with van der Waals surface area (Å²) >= 11 is 0. The van der Waals surface area contributed by atoms with Gasteiger partial charge in [0.05, 0.1) is 0 Å². The van der Waals surface area contributed by atoms with Gasteiger partial charge in [-0.1, -0.05) is 76.2 Å². The highest BCUT2D eigenvalue weighted by atomic mass is 16.4. The molecule has 66 heavy (non-hydrogen) atoms. The zero-order valence-electron chi connectivity index (χ0n) is 37.3. The fourth-order valence-corrected chi connectivity index (χ4v) is 9.78. The minimum absolute atomic E-state index is 0.0190. The van der Waals surface area contributed by atoms with Gasteiger partial charge in [-0.3, -0.25) is 9.79 Å². The van der Waals surface area contributed by atoms with Crippen LogP contribution in [0.4, 0.5) is 0 Å². The second-order valence-electron chi connectivity index (χ2n) is 17.9. The number of aryl methyl sites for hydroxylation is 2. The number of hydrogen-bond acceptors (Lipinski definition) is 10. The Hall–Kier alpha value is -7.58. The molecule has 10 N–H and O–H groups in total. The van der Waals surface area contributed by atoms with Gasteiger partial charge in [0.15, 0.2) is 23.3 Å². The Labute approximate surface area is 379 Å². The molecule has 8 rings (SSSR count). The average molecular weight is 893 g/mol. The van der Waals surface area contributed by atoms with Crippen LogP contribution in [0.1, 0.15) is 84.0 Å². The number of hydrogen-bond donors (Lipinski definition) is 10. The Kier molecular flexibility index (Phi) is 11.9. The number of rotatable bonds is 13. The summed E-state index contributed by atoms with van der Waals surface area (Å²) < 4.78 is 0. The number of aliphatic imine (C=N–C) groups is 1. The summed E-state index contributed by atoms with van der Waals surface area (Å²) in [7, 11) is 0. The van der Waals surface area contributed by atoms with Crippen molar-refractivity contribution >= 4 is 62.1 Å². The van der Waals surface area contributed by atoms with E-state index in [1.165, 1.54) is 6.20 Å². The number of H-pyrrole nitrogens is 2. The highest BCUT2D eigenvalue weighted by molar-refractivity contribution is 6.26. The second kappa shape index (κ2) is 17.4. The van der Waals surface area contributed by atoms with Crippen molar-refractivity contribution in [2.45, 2.75) is 84.4 Å². The van der Waals surface area contributed by atoms with Gasteiger partial charge in [0, 0.05) is 104 Å². The fraction of sp³-hybridized carbons (Fsp3) is 0.269. The molecule has 0 radical (unpaired) electrons. The topological polar surface area (TPSA) is 249 Å². The van der Waals surface area contributed by atoms with Crippen LogP contribution in [-0.4, -0.2) is 87.8 Å². The molecule has 2 heterocycles. The molecule has 7 aromatic rings. The third-order valence-electron chi connectivity index (χ3n) is 13.0. The Bertz CT molecular complexity index is 3170. The molecule has 0 saturated carbocycles. The number of aromatic nitrogens is 2. The Balaban J connectivity index is 1.30. The highest BCUT2D eigenvalue weighted by Crippen LogP contribution is 2.54. The van der Waals surface area contributed by atoms with Crippen molar-refractivity contribution in [3.05, 3.63) is 124 Å². The number of aromatic amines is 2. The molecule has 2 unspecified atom stereocenters. The number of benzene rings is 5. The molecule has 14 nitrogen and oxygen atoms in total. The van der Waals surface area contributed by atoms with E-state index >= 15 is 0 Å². The van der Waals surface area contributed by atoms with Crippen LogP contribution in [0, 0.1) is 19.8 Å². The molecule has 0 amide bonds. The van der Waals surface area contributed by atoms with Crippen LogP contribution in [0.2, 0.25) is 0 Å². The zero-order valence-corrected chi connectivity index (χ0v) is 37.3. The quantitative estimate of drug-likeness (QED) is 0.0299. The summed E-state index contributed by atoms with van der Waals surface area (Å²) in [5.41, 5.74) is 4.65. The Morgan fingerprint density at radius 2 is 1.32 bits per heavy atom. The van der Waals surface area contributed by atoms with Crippen LogP contribution in [0.25, 0.3) is 49.3 Å². The van der Waals surface area contributed by atoms with E-state index in [9.17, 15) is 50.1 Å². The van der Waals surface area contributed by atoms with Crippen LogP contribution in [0.3, 0.4) is 0 Å². The number of carbonyl (C=O) groups excluding carboxylic acids is 1. The van der Waals surface area contributed by atoms with Crippen molar-refractivity contribution in [1.82, 2.24) is 15.3 Å². The molecule has 4 atom stereocenters. The van der Waals surface area contributed by atoms with Gasteiger partial charge in [-0.2, -0.15) is 0 Å². The predicted octanol–water partition coefficient (Wildman–Crippen LogP) is 8.46. The van der Waals surface area contributed by atoms with E-state index in [4.69, 9.17) is 0 Å². The summed E-state index contributed by atoms with van der Waals surface area (Å²) in [6, 6.07) is 15.7. The van der Waals surface area contributed by atoms with Gasteiger partial charge in [0.2, 0.25) is 0 Å². The summed E-state index contributed by atoms with van der Waals surface area (Å²) in [5, 5.41) is 85.4.